The minimum absolute atomic E-state index is 0.276. The fourth-order valence-electron chi connectivity index (χ4n) is 3.03. The average Bonchev–Trinajstić information content (AvgIpc) is 2.82. The zero-order valence-electron chi connectivity index (χ0n) is 18.1. The van der Waals surface area contributed by atoms with Gasteiger partial charge in [0.25, 0.3) is 0 Å². The highest BCUT2D eigenvalue weighted by Gasteiger charge is 2.11. The molecule has 0 saturated heterocycles. The molecule has 3 aromatic carbocycles. The Hall–Kier alpha value is -4.06. The van der Waals surface area contributed by atoms with Gasteiger partial charge >= 0.3 is 0 Å². The van der Waals surface area contributed by atoms with Gasteiger partial charge in [-0.3, -0.25) is 4.79 Å². The zero-order chi connectivity index (χ0) is 22.9. The van der Waals surface area contributed by atoms with Gasteiger partial charge in [0, 0.05) is 23.5 Å². The molecule has 1 N–H and O–H groups in total. The number of ether oxygens (including phenoxy) is 3. The average molecular weight is 433 g/mol. The van der Waals surface area contributed by atoms with Crippen LogP contribution in [0.4, 0.5) is 10.1 Å². The van der Waals surface area contributed by atoms with Crippen molar-refractivity contribution >= 4 is 23.6 Å². The molecule has 32 heavy (non-hydrogen) atoms. The van der Waals surface area contributed by atoms with Crippen LogP contribution in [-0.4, -0.2) is 27.1 Å². The maximum atomic E-state index is 13.2. The molecule has 0 unspecified atom stereocenters. The van der Waals surface area contributed by atoms with Crippen molar-refractivity contribution in [3.8, 4) is 17.2 Å². The van der Waals surface area contributed by atoms with Crippen LogP contribution < -0.4 is 19.5 Å². The molecule has 0 fully saturated rings. The quantitative estimate of drug-likeness (QED) is 0.261. The maximum absolute atomic E-state index is 13.2. The van der Waals surface area contributed by atoms with E-state index in [-0.39, 0.29) is 5.78 Å². The molecule has 0 aliphatic rings. The third kappa shape index (κ3) is 5.76. The predicted molar refractivity (Wildman–Crippen MR) is 125 cm³/mol. The van der Waals surface area contributed by atoms with Crippen molar-refractivity contribution in [1.82, 2.24) is 0 Å². The first kappa shape index (κ1) is 22.6. The van der Waals surface area contributed by atoms with Crippen LogP contribution in [0.1, 0.15) is 21.5 Å². The fraction of sp³-hybridized carbons (Fsp3) is 0.115. The Balaban J connectivity index is 1.64. The highest BCUT2D eigenvalue weighted by atomic mass is 19.1. The van der Waals surface area contributed by atoms with Gasteiger partial charge in [-0.05, 0) is 47.5 Å². The topological polar surface area (TPSA) is 56.8 Å². The SMILES string of the molecule is COc1cc(/C=C\c2ccc(N/C=C\C(=O)c3cccc(F)c3)cc2)cc(OC)c1OC. The van der Waals surface area contributed by atoms with Gasteiger partial charge in [0.15, 0.2) is 17.3 Å². The van der Waals surface area contributed by atoms with Crippen LogP contribution >= 0.6 is 0 Å². The first-order valence-corrected chi connectivity index (χ1v) is 9.85. The Labute approximate surface area is 186 Å². The van der Waals surface area contributed by atoms with Crippen molar-refractivity contribution < 1.29 is 23.4 Å². The second-order valence-electron chi connectivity index (χ2n) is 6.77. The summed E-state index contributed by atoms with van der Waals surface area (Å²) in [5.74, 6) is 1.01. The zero-order valence-corrected chi connectivity index (χ0v) is 18.1. The van der Waals surface area contributed by atoms with Gasteiger partial charge < -0.3 is 19.5 Å². The van der Waals surface area contributed by atoms with Crippen molar-refractivity contribution in [2.24, 2.45) is 0 Å². The van der Waals surface area contributed by atoms with Crippen LogP contribution in [0.3, 0.4) is 0 Å². The minimum atomic E-state index is -0.438. The number of ketones is 1. The molecule has 0 aliphatic heterocycles. The number of halogens is 1. The number of carbonyl (C=O) groups excluding carboxylic acids is 1. The highest BCUT2D eigenvalue weighted by Crippen LogP contribution is 2.38. The van der Waals surface area contributed by atoms with Gasteiger partial charge in [-0.15, -0.1) is 0 Å². The molecule has 0 radical (unpaired) electrons. The number of hydrogen-bond donors (Lipinski definition) is 1. The molecule has 3 rings (SSSR count). The van der Waals surface area contributed by atoms with E-state index in [2.05, 4.69) is 5.32 Å². The molecule has 0 atom stereocenters. The summed E-state index contributed by atoms with van der Waals surface area (Å²) in [5.41, 5.74) is 3.01. The molecule has 0 aromatic heterocycles. The lowest BCUT2D eigenvalue weighted by Crippen LogP contribution is -1.96. The van der Waals surface area contributed by atoms with Gasteiger partial charge in [0.05, 0.1) is 21.3 Å². The van der Waals surface area contributed by atoms with Crippen LogP contribution in [0.5, 0.6) is 17.2 Å². The van der Waals surface area contributed by atoms with E-state index >= 15 is 0 Å². The number of carbonyl (C=O) groups is 1. The van der Waals surface area contributed by atoms with Crippen LogP contribution in [0.2, 0.25) is 0 Å². The van der Waals surface area contributed by atoms with Crippen molar-refractivity contribution in [2.75, 3.05) is 26.6 Å². The van der Waals surface area contributed by atoms with Gasteiger partial charge in [-0.1, -0.05) is 36.4 Å². The summed E-state index contributed by atoms with van der Waals surface area (Å²) >= 11 is 0. The van der Waals surface area contributed by atoms with E-state index in [0.717, 1.165) is 16.8 Å². The molecule has 6 heteroatoms. The predicted octanol–water partition coefficient (Wildman–Crippen LogP) is 5.83. The lowest BCUT2D eigenvalue weighted by atomic mass is 10.1. The minimum Gasteiger partial charge on any atom is -0.493 e. The van der Waals surface area contributed by atoms with E-state index in [1.54, 1.807) is 27.4 Å². The second-order valence-corrected chi connectivity index (χ2v) is 6.77. The third-order valence-corrected chi connectivity index (χ3v) is 4.66. The van der Waals surface area contributed by atoms with Crippen molar-refractivity contribution in [1.29, 1.82) is 0 Å². The van der Waals surface area contributed by atoms with E-state index in [9.17, 15) is 9.18 Å². The molecular formula is C26H24FNO4. The molecule has 0 aliphatic carbocycles. The number of methoxy groups -OCH3 is 3. The van der Waals surface area contributed by atoms with Gasteiger partial charge in [-0.2, -0.15) is 0 Å². The molecule has 164 valence electrons. The summed E-state index contributed by atoms with van der Waals surface area (Å²) in [4.78, 5) is 12.1. The second kappa shape index (κ2) is 10.8. The molecule has 0 spiro atoms. The van der Waals surface area contributed by atoms with Crippen LogP contribution in [-0.2, 0) is 0 Å². The lowest BCUT2D eigenvalue weighted by molar-refractivity contribution is 0.104. The lowest BCUT2D eigenvalue weighted by Gasteiger charge is -2.12. The normalized spacial score (nSPS) is 11.0. The molecule has 5 nitrogen and oxygen atoms in total. The molecular weight excluding hydrogens is 409 g/mol. The number of allylic oxidation sites excluding steroid dienone is 1. The Morgan fingerprint density at radius 3 is 2.09 bits per heavy atom. The molecule has 0 heterocycles. The van der Waals surface area contributed by atoms with E-state index in [1.165, 1.54) is 30.5 Å². The van der Waals surface area contributed by atoms with Gasteiger partial charge in [-0.25, -0.2) is 4.39 Å². The van der Waals surface area contributed by atoms with Crippen molar-refractivity contribution in [3.63, 3.8) is 0 Å². The maximum Gasteiger partial charge on any atom is 0.203 e. The Morgan fingerprint density at radius 1 is 0.844 bits per heavy atom. The van der Waals surface area contributed by atoms with Crippen molar-refractivity contribution in [3.05, 3.63) is 95.4 Å². The summed E-state index contributed by atoms with van der Waals surface area (Å²) < 4.78 is 29.3. The highest BCUT2D eigenvalue weighted by molar-refractivity contribution is 6.04. The standard InChI is InChI=1S/C26H24FNO4/c1-30-24-15-19(16-25(31-2)26(24)32-3)8-7-18-9-11-22(12-10-18)28-14-13-23(29)20-5-4-6-21(27)17-20/h4-17,28H,1-3H3/b8-7-,14-13-. The van der Waals surface area contributed by atoms with Crippen LogP contribution in [0.15, 0.2) is 72.9 Å². The van der Waals surface area contributed by atoms with E-state index < -0.39 is 5.82 Å². The van der Waals surface area contributed by atoms with Gasteiger partial charge in [0.2, 0.25) is 5.75 Å². The van der Waals surface area contributed by atoms with E-state index in [0.29, 0.717) is 22.8 Å². The molecule has 3 aromatic rings. The number of nitrogens with one attached hydrogen (secondary N) is 1. The monoisotopic (exact) mass is 433 g/mol. The fourth-order valence-corrected chi connectivity index (χ4v) is 3.03. The smallest absolute Gasteiger partial charge is 0.203 e. The van der Waals surface area contributed by atoms with Gasteiger partial charge in [0.1, 0.15) is 5.82 Å². The van der Waals surface area contributed by atoms with E-state index in [4.69, 9.17) is 14.2 Å². The Morgan fingerprint density at radius 2 is 1.50 bits per heavy atom. The number of rotatable bonds is 9. The third-order valence-electron chi connectivity index (χ3n) is 4.66. The summed E-state index contributed by atoms with van der Waals surface area (Å²) in [5, 5.41) is 3.04. The number of anilines is 1. The summed E-state index contributed by atoms with van der Waals surface area (Å²) in [6.45, 7) is 0. The summed E-state index contributed by atoms with van der Waals surface area (Å²) in [7, 11) is 4.73. The summed E-state index contributed by atoms with van der Waals surface area (Å²) in [6.07, 6.45) is 6.82. The van der Waals surface area contributed by atoms with Crippen molar-refractivity contribution in [2.45, 2.75) is 0 Å². The Kier molecular flexibility index (Phi) is 7.65. The number of hydrogen-bond acceptors (Lipinski definition) is 5. The first-order valence-electron chi connectivity index (χ1n) is 9.85. The number of benzene rings is 3. The first-order chi connectivity index (χ1) is 15.5. The van der Waals surface area contributed by atoms with E-state index in [1.807, 2.05) is 48.6 Å². The Bertz CT molecular complexity index is 1110. The molecule has 0 bridgehead atoms. The molecule has 0 amide bonds. The summed E-state index contributed by atoms with van der Waals surface area (Å²) in [6, 6.07) is 17.0. The van der Waals surface area contributed by atoms with Crippen LogP contribution in [0.25, 0.3) is 12.2 Å². The van der Waals surface area contributed by atoms with Crippen LogP contribution in [0, 0.1) is 5.82 Å². The largest absolute Gasteiger partial charge is 0.493 e. The molecule has 0 saturated carbocycles.